The van der Waals surface area contributed by atoms with Crippen LogP contribution in [0.25, 0.3) is 0 Å². The average Bonchev–Trinajstić information content (AvgIpc) is 2.82. The van der Waals surface area contributed by atoms with E-state index >= 15 is 0 Å². The first kappa shape index (κ1) is 11.2. The number of pyridine rings is 1. The minimum absolute atomic E-state index is 0.00479. The molecule has 0 radical (unpaired) electrons. The summed E-state index contributed by atoms with van der Waals surface area (Å²) >= 11 is 0. The Bertz CT molecular complexity index is 521. The first-order valence-corrected chi connectivity index (χ1v) is 6.27. The van der Waals surface area contributed by atoms with Gasteiger partial charge in [-0.2, -0.15) is 0 Å². The molecule has 92 valence electrons. The highest BCUT2D eigenvalue weighted by molar-refractivity contribution is 5.50. The molecule has 1 aromatic heterocycles. The Hall–Kier alpha value is -1.87. The molecule has 0 aliphatic carbocycles. The maximum absolute atomic E-state index is 5.81. The van der Waals surface area contributed by atoms with Crippen molar-refractivity contribution < 1.29 is 0 Å². The molecule has 2 aromatic rings. The largest absolute Gasteiger partial charge is 0.362 e. The molecule has 1 aromatic carbocycles. The normalized spacial score (nSPS) is 15.6. The molecule has 3 heteroatoms. The minimum Gasteiger partial charge on any atom is -0.362 e. The average molecular weight is 239 g/mol. The quantitative estimate of drug-likeness (QED) is 0.876. The van der Waals surface area contributed by atoms with E-state index in [0.29, 0.717) is 0 Å². The molecule has 0 bridgehead atoms. The smallest absolute Gasteiger partial charge is 0.0569 e. The Labute approximate surface area is 107 Å². The van der Waals surface area contributed by atoms with Crippen molar-refractivity contribution in [2.45, 2.75) is 26.1 Å². The third-order valence-electron chi connectivity index (χ3n) is 3.44. The van der Waals surface area contributed by atoms with Gasteiger partial charge in [-0.15, -0.1) is 0 Å². The molecule has 1 aliphatic rings. The van der Waals surface area contributed by atoms with Gasteiger partial charge in [0.2, 0.25) is 0 Å². The summed E-state index contributed by atoms with van der Waals surface area (Å²) in [5, 5.41) is 0. The predicted octanol–water partition coefficient (Wildman–Crippen LogP) is 2.62. The summed E-state index contributed by atoms with van der Waals surface area (Å²) in [7, 11) is 0. The second-order valence-electron chi connectivity index (χ2n) is 4.85. The van der Waals surface area contributed by atoms with E-state index in [1.165, 1.54) is 11.1 Å². The van der Waals surface area contributed by atoms with Crippen LogP contribution in [-0.4, -0.2) is 4.98 Å². The van der Waals surface area contributed by atoms with Gasteiger partial charge in [0.05, 0.1) is 17.6 Å². The van der Waals surface area contributed by atoms with E-state index in [4.69, 9.17) is 5.73 Å². The van der Waals surface area contributed by atoms with Crippen LogP contribution in [0.2, 0.25) is 0 Å². The van der Waals surface area contributed by atoms with Crippen LogP contribution in [0.5, 0.6) is 0 Å². The number of nitrogens with two attached hydrogens (primary N) is 1. The van der Waals surface area contributed by atoms with Crippen molar-refractivity contribution >= 4 is 5.69 Å². The SMILES string of the molecule is CC(N)c1ccc(N2Cc3ccccc3C2)cn1. The van der Waals surface area contributed by atoms with Crippen LogP contribution >= 0.6 is 0 Å². The highest BCUT2D eigenvalue weighted by Gasteiger charge is 2.18. The third-order valence-corrected chi connectivity index (χ3v) is 3.44. The van der Waals surface area contributed by atoms with Crippen LogP contribution in [0.1, 0.15) is 29.8 Å². The van der Waals surface area contributed by atoms with Crippen molar-refractivity contribution in [1.29, 1.82) is 0 Å². The van der Waals surface area contributed by atoms with Crippen LogP contribution in [-0.2, 0) is 13.1 Å². The molecule has 18 heavy (non-hydrogen) atoms. The fourth-order valence-corrected chi connectivity index (χ4v) is 2.37. The molecule has 2 heterocycles. The summed E-state index contributed by atoms with van der Waals surface area (Å²) in [6, 6.07) is 12.7. The first-order valence-electron chi connectivity index (χ1n) is 6.27. The molecule has 1 unspecified atom stereocenters. The monoisotopic (exact) mass is 239 g/mol. The number of aromatic nitrogens is 1. The lowest BCUT2D eigenvalue weighted by Gasteiger charge is -2.17. The number of rotatable bonds is 2. The third kappa shape index (κ3) is 1.97. The van der Waals surface area contributed by atoms with Gasteiger partial charge in [0, 0.05) is 19.1 Å². The van der Waals surface area contributed by atoms with Gasteiger partial charge in [-0.1, -0.05) is 24.3 Å². The zero-order chi connectivity index (χ0) is 12.5. The van der Waals surface area contributed by atoms with Crippen LogP contribution in [0, 0.1) is 0 Å². The van der Waals surface area contributed by atoms with Crippen LogP contribution in [0.15, 0.2) is 42.6 Å². The van der Waals surface area contributed by atoms with Gasteiger partial charge < -0.3 is 10.6 Å². The molecular weight excluding hydrogens is 222 g/mol. The number of fused-ring (bicyclic) bond motifs is 1. The van der Waals surface area contributed by atoms with Crippen LogP contribution in [0.3, 0.4) is 0 Å². The summed E-state index contributed by atoms with van der Waals surface area (Å²) in [5.41, 5.74) is 10.7. The fourth-order valence-electron chi connectivity index (χ4n) is 2.37. The van der Waals surface area contributed by atoms with E-state index in [-0.39, 0.29) is 6.04 Å². The van der Waals surface area contributed by atoms with Crippen molar-refractivity contribution in [3.05, 3.63) is 59.4 Å². The van der Waals surface area contributed by atoms with Crippen molar-refractivity contribution in [2.75, 3.05) is 4.90 Å². The lowest BCUT2D eigenvalue weighted by Crippen LogP contribution is -2.15. The van der Waals surface area contributed by atoms with Gasteiger partial charge in [-0.25, -0.2) is 0 Å². The maximum atomic E-state index is 5.81. The van der Waals surface area contributed by atoms with Crippen LogP contribution < -0.4 is 10.6 Å². The lowest BCUT2D eigenvalue weighted by atomic mass is 10.1. The highest BCUT2D eigenvalue weighted by atomic mass is 15.1. The molecule has 2 N–H and O–H groups in total. The Kier molecular flexibility index (Phi) is 2.76. The maximum Gasteiger partial charge on any atom is 0.0569 e. The zero-order valence-electron chi connectivity index (χ0n) is 10.5. The van der Waals surface area contributed by atoms with E-state index in [0.717, 1.165) is 24.5 Å². The molecule has 0 spiro atoms. The Morgan fingerprint density at radius 3 is 2.28 bits per heavy atom. The van der Waals surface area contributed by atoms with Gasteiger partial charge in [0.15, 0.2) is 0 Å². The van der Waals surface area contributed by atoms with Gasteiger partial charge >= 0.3 is 0 Å². The molecule has 0 amide bonds. The van der Waals surface area contributed by atoms with E-state index in [1.807, 2.05) is 19.2 Å². The summed E-state index contributed by atoms with van der Waals surface area (Å²) in [5.74, 6) is 0. The van der Waals surface area contributed by atoms with Crippen molar-refractivity contribution in [3.63, 3.8) is 0 Å². The molecule has 1 aliphatic heterocycles. The lowest BCUT2D eigenvalue weighted by molar-refractivity contribution is 0.777. The molecule has 3 nitrogen and oxygen atoms in total. The van der Waals surface area contributed by atoms with Crippen molar-refractivity contribution in [2.24, 2.45) is 5.73 Å². The number of nitrogens with zero attached hydrogens (tertiary/aromatic N) is 2. The summed E-state index contributed by atoms with van der Waals surface area (Å²) in [6.07, 6.45) is 1.92. The number of benzene rings is 1. The molecule has 1 atom stereocenters. The molecule has 0 saturated carbocycles. The highest BCUT2D eigenvalue weighted by Crippen LogP contribution is 2.27. The molecular formula is C15H17N3. The topological polar surface area (TPSA) is 42.1 Å². The number of hydrogen-bond acceptors (Lipinski definition) is 3. The Morgan fingerprint density at radius 1 is 1.11 bits per heavy atom. The van der Waals surface area contributed by atoms with E-state index < -0.39 is 0 Å². The van der Waals surface area contributed by atoms with Crippen molar-refractivity contribution in [1.82, 2.24) is 4.98 Å². The first-order chi connectivity index (χ1) is 8.74. The van der Waals surface area contributed by atoms with E-state index in [9.17, 15) is 0 Å². The Morgan fingerprint density at radius 2 is 1.78 bits per heavy atom. The van der Waals surface area contributed by atoms with Gasteiger partial charge in [-0.05, 0) is 30.2 Å². The standard InChI is InChI=1S/C15H17N3/c1-11(16)15-7-6-14(8-17-15)18-9-12-4-2-3-5-13(12)10-18/h2-8,11H,9-10,16H2,1H3. The van der Waals surface area contributed by atoms with E-state index in [2.05, 4.69) is 40.2 Å². The number of anilines is 1. The van der Waals surface area contributed by atoms with Crippen molar-refractivity contribution in [3.8, 4) is 0 Å². The van der Waals surface area contributed by atoms with Gasteiger partial charge in [0.25, 0.3) is 0 Å². The van der Waals surface area contributed by atoms with E-state index in [1.54, 1.807) is 0 Å². The molecule has 3 rings (SSSR count). The zero-order valence-corrected chi connectivity index (χ0v) is 10.5. The minimum atomic E-state index is -0.00479. The van der Waals surface area contributed by atoms with Crippen LogP contribution in [0.4, 0.5) is 5.69 Å². The predicted molar refractivity (Wildman–Crippen MR) is 73.2 cm³/mol. The second kappa shape index (κ2) is 4.42. The number of hydrogen-bond donors (Lipinski definition) is 1. The van der Waals surface area contributed by atoms with Gasteiger partial charge in [-0.3, -0.25) is 4.98 Å². The second-order valence-corrected chi connectivity index (χ2v) is 4.85. The van der Waals surface area contributed by atoms with Gasteiger partial charge in [0.1, 0.15) is 0 Å². The molecule has 0 saturated heterocycles. The molecule has 0 fully saturated rings. The Balaban J connectivity index is 1.82. The fraction of sp³-hybridized carbons (Fsp3) is 0.267. The summed E-state index contributed by atoms with van der Waals surface area (Å²) < 4.78 is 0. The summed E-state index contributed by atoms with van der Waals surface area (Å²) in [6.45, 7) is 3.89. The summed E-state index contributed by atoms with van der Waals surface area (Å²) in [4.78, 5) is 6.75.